The maximum Gasteiger partial charge on any atom is 0.260 e. The number of benzene rings is 1. The van der Waals surface area contributed by atoms with E-state index in [4.69, 9.17) is 15.2 Å². The normalized spacial score (nSPS) is 18.9. The summed E-state index contributed by atoms with van der Waals surface area (Å²) in [7, 11) is 1.70. The summed E-state index contributed by atoms with van der Waals surface area (Å²) in [4.78, 5) is 14.0. The minimum absolute atomic E-state index is 0.0302. The highest BCUT2D eigenvalue weighted by molar-refractivity contribution is 5.77. The minimum Gasteiger partial charge on any atom is -0.484 e. The fourth-order valence-corrected chi connectivity index (χ4v) is 2.46. The van der Waals surface area contributed by atoms with Crippen molar-refractivity contribution in [2.75, 3.05) is 39.1 Å². The van der Waals surface area contributed by atoms with Crippen molar-refractivity contribution in [3.05, 3.63) is 24.3 Å². The van der Waals surface area contributed by atoms with Crippen LogP contribution in [0.25, 0.3) is 0 Å². The third-order valence-electron chi connectivity index (χ3n) is 3.52. The lowest BCUT2D eigenvalue weighted by Gasteiger charge is -2.32. The summed E-state index contributed by atoms with van der Waals surface area (Å²) in [5.74, 6) is 1.13. The molecule has 20 heavy (non-hydrogen) atoms. The van der Waals surface area contributed by atoms with E-state index in [1.807, 2.05) is 4.90 Å². The van der Waals surface area contributed by atoms with Crippen LogP contribution >= 0.6 is 0 Å². The van der Waals surface area contributed by atoms with Gasteiger partial charge in [-0.05, 0) is 43.0 Å². The van der Waals surface area contributed by atoms with E-state index in [2.05, 4.69) is 0 Å². The van der Waals surface area contributed by atoms with Crippen LogP contribution in [0.4, 0.5) is 5.69 Å². The van der Waals surface area contributed by atoms with Crippen molar-refractivity contribution in [1.29, 1.82) is 0 Å². The quantitative estimate of drug-likeness (QED) is 0.830. The van der Waals surface area contributed by atoms with Crippen LogP contribution in [0.3, 0.4) is 0 Å². The molecule has 1 aromatic carbocycles. The molecule has 110 valence electrons. The molecule has 1 saturated heterocycles. The number of hydrogen-bond acceptors (Lipinski definition) is 4. The summed E-state index contributed by atoms with van der Waals surface area (Å²) < 4.78 is 10.7. The number of anilines is 1. The lowest BCUT2D eigenvalue weighted by Crippen LogP contribution is -2.43. The summed E-state index contributed by atoms with van der Waals surface area (Å²) in [5.41, 5.74) is 6.28. The highest BCUT2D eigenvalue weighted by atomic mass is 16.5. The number of rotatable bonds is 5. The zero-order valence-corrected chi connectivity index (χ0v) is 11.9. The highest BCUT2D eigenvalue weighted by Gasteiger charge is 2.23. The van der Waals surface area contributed by atoms with E-state index < -0.39 is 0 Å². The zero-order chi connectivity index (χ0) is 14.4. The standard InChI is InChI=1S/C15H22N2O3/c1-19-10-12-3-2-8-17(9-12)15(18)11-20-14-6-4-13(16)5-7-14/h4-7,12H,2-3,8-11,16H2,1H3. The van der Waals surface area contributed by atoms with Gasteiger partial charge in [-0.1, -0.05) is 0 Å². The number of ether oxygens (including phenoxy) is 2. The van der Waals surface area contributed by atoms with Gasteiger partial charge in [-0.2, -0.15) is 0 Å². The highest BCUT2D eigenvalue weighted by Crippen LogP contribution is 2.17. The lowest BCUT2D eigenvalue weighted by atomic mass is 9.99. The molecule has 0 radical (unpaired) electrons. The molecule has 0 saturated carbocycles. The van der Waals surface area contributed by atoms with Crippen molar-refractivity contribution in [3.63, 3.8) is 0 Å². The molecule has 0 aromatic heterocycles. The molecule has 1 aliphatic rings. The topological polar surface area (TPSA) is 64.8 Å². The van der Waals surface area contributed by atoms with E-state index in [0.717, 1.165) is 25.9 Å². The van der Waals surface area contributed by atoms with Crippen LogP contribution in [0.15, 0.2) is 24.3 Å². The number of carbonyl (C=O) groups is 1. The Bertz CT molecular complexity index is 431. The van der Waals surface area contributed by atoms with E-state index >= 15 is 0 Å². The van der Waals surface area contributed by atoms with Gasteiger partial charge < -0.3 is 20.1 Å². The average Bonchev–Trinajstić information content (AvgIpc) is 2.47. The van der Waals surface area contributed by atoms with Gasteiger partial charge in [0.1, 0.15) is 5.75 Å². The fourth-order valence-electron chi connectivity index (χ4n) is 2.46. The van der Waals surface area contributed by atoms with Crippen LogP contribution in [0.2, 0.25) is 0 Å². The van der Waals surface area contributed by atoms with Crippen molar-refractivity contribution in [3.8, 4) is 5.75 Å². The van der Waals surface area contributed by atoms with Crippen LogP contribution < -0.4 is 10.5 Å². The molecule has 1 unspecified atom stereocenters. The van der Waals surface area contributed by atoms with Gasteiger partial charge in [0.15, 0.2) is 6.61 Å². The summed E-state index contributed by atoms with van der Waals surface area (Å²) in [6.45, 7) is 2.36. The molecule has 1 aliphatic heterocycles. The van der Waals surface area contributed by atoms with Crippen LogP contribution in [0, 0.1) is 5.92 Å². The van der Waals surface area contributed by atoms with Crippen molar-refractivity contribution in [2.45, 2.75) is 12.8 Å². The van der Waals surface area contributed by atoms with Crippen LogP contribution in [-0.4, -0.2) is 44.2 Å². The van der Waals surface area contributed by atoms with E-state index in [0.29, 0.717) is 24.0 Å². The van der Waals surface area contributed by atoms with E-state index in [1.165, 1.54) is 0 Å². The molecule has 5 nitrogen and oxygen atoms in total. The fraction of sp³-hybridized carbons (Fsp3) is 0.533. The third-order valence-corrected chi connectivity index (χ3v) is 3.52. The molecular formula is C15H22N2O3. The number of nitrogens with zero attached hydrogens (tertiary/aromatic N) is 1. The van der Waals surface area contributed by atoms with E-state index in [9.17, 15) is 4.79 Å². The molecule has 0 spiro atoms. The molecule has 0 aliphatic carbocycles. The molecule has 1 amide bonds. The molecule has 1 atom stereocenters. The second-order valence-electron chi connectivity index (χ2n) is 5.16. The van der Waals surface area contributed by atoms with Gasteiger partial charge in [-0.3, -0.25) is 4.79 Å². The number of hydrogen-bond donors (Lipinski definition) is 1. The second kappa shape index (κ2) is 7.14. The van der Waals surface area contributed by atoms with E-state index in [1.54, 1.807) is 31.4 Å². The average molecular weight is 278 g/mol. The van der Waals surface area contributed by atoms with Gasteiger partial charge in [-0.15, -0.1) is 0 Å². The van der Waals surface area contributed by atoms with Crippen molar-refractivity contribution in [1.82, 2.24) is 4.90 Å². The Morgan fingerprint density at radius 1 is 1.40 bits per heavy atom. The third kappa shape index (κ3) is 4.13. The molecule has 1 aromatic rings. The van der Waals surface area contributed by atoms with Gasteiger partial charge in [0.2, 0.25) is 0 Å². The largest absolute Gasteiger partial charge is 0.484 e. The van der Waals surface area contributed by atoms with Gasteiger partial charge in [0, 0.05) is 25.9 Å². The number of nitrogens with two attached hydrogens (primary N) is 1. The zero-order valence-electron chi connectivity index (χ0n) is 11.9. The van der Waals surface area contributed by atoms with Gasteiger partial charge >= 0.3 is 0 Å². The molecular weight excluding hydrogens is 256 g/mol. The monoisotopic (exact) mass is 278 g/mol. The molecule has 5 heteroatoms. The smallest absolute Gasteiger partial charge is 0.260 e. The summed E-state index contributed by atoms with van der Waals surface area (Å²) in [6, 6.07) is 7.06. The number of piperidine rings is 1. The van der Waals surface area contributed by atoms with Crippen LogP contribution in [-0.2, 0) is 9.53 Å². The predicted octanol–water partition coefficient (Wildman–Crippen LogP) is 1.53. The van der Waals surface area contributed by atoms with Crippen molar-refractivity contribution in [2.24, 2.45) is 5.92 Å². The SMILES string of the molecule is COCC1CCCN(C(=O)COc2ccc(N)cc2)C1. The van der Waals surface area contributed by atoms with Gasteiger partial charge in [0.25, 0.3) is 5.91 Å². The Labute approximate surface area is 119 Å². The molecule has 1 fully saturated rings. The summed E-state index contributed by atoms with van der Waals surface area (Å²) >= 11 is 0. The Morgan fingerprint density at radius 3 is 2.85 bits per heavy atom. The Balaban J connectivity index is 1.80. The maximum atomic E-state index is 12.1. The first-order valence-electron chi connectivity index (χ1n) is 6.94. The Morgan fingerprint density at radius 2 is 2.15 bits per heavy atom. The number of carbonyl (C=O) groups excluding carboxylic acids is 1. The molecule has 2 rings (SSSR count). The summed E-state index contributed by atoms with van der Waals surface area (Å²) in [6.07, 6.45) is 2.15. The van der Waals surface area contributed by atoms with Gasteiger partial charge in [0.05, 0.1) is 6.61 Å². The minimum atomic E-state index is 0.0302. The molecule has 0 bridgehead atoms. The maximum absolute atomic E-state index is 12.1. The Kier molecular flexibility index (Phi) is 5.24. The van der Waals surface area contributed by atoms with Crippen molar-refractivity contribution < 1.29 is 14.3 Å². The number of likely N-dealkylation sites (tertiary alicyclic amines) is 1. The lowest BCUT2D eigenvalue weighted by molar-refractivity contribution is -0.135. The Hall–Kier alpha value is -1.75. The van der Waals surface area contributed by atoms with E-state index in [-0.39, 0.29) is 12.5 Å². The molecule has 2 N–H and O–H groups in total. The number of amides is 1. The van der Waals surface area contributed by atoms with Crippen molar-refractivity contribution >= 4 is 11.6 Å². The van der Waals surface area contributed by atoms with Gasteiger partial charge in [-0.25, -0.2) is 0 Å². The first kappa shape index (κ1) is 14.7. The molecule has 1 heterocycles. The van der Waals surface area contributed by atoms with Crippen LogP contribution in [0.5, 0.6) is 5.75 Å². The summed E-state index contributed by atoms with van der Waals surface area (Å²) in [5, 5.41) is 0. The first-order valence-corrected chi connectivity index (χ1v) is 6.94. The van der Waals surface area contributed by atoms with Crippen LogP contribution in [0.1, 0.15) is 12.8 Å². The second-order valence-corrected chi connectivity index (χ2v) is 5.16. The predicted molar refractivity (Wildman–Crippen MR) is 77.5 cm³/mol. The number of methoxy groups -OCH3 is 1. The number of nitrogen functional groups attached to an aromatic ring is 1. The first-order chi connectivity index (χ1) is 9.69.